The van der Waals surface area contributed by atoms with Gasteiger partial charge in [0.05, 0.1) is 0 Å². The van der Waals surface area contributed by atoms with Crippen LogP contribution >= 0.6 is 0 Å². The maximum atomic E-state index is 12.3. The Labute approximate surface area is 127 Å². The number of hydrogen-bond donors (Lipinski definition) is 1. The topological polar surface area (TPSA) is 47.9 Å². The van der Waals surface area contributed by atoms with Crippen LogP contribution in [-0.2, 0) is 4.79 Å². The largest absolute Gasteiger partial charge is 0.349 e. The summed E-state index contributed by atoms with van der Waals surface area (Å²) >= 11 is 0. The van der Waals surface area contributed by atoms with Gasteiger partial charge in [-0.15, -0.1) is 0 Å². The molecule has 0 radical (unpaired) electrons. The number of amides is 1. The molecule has 3 rings (SSSR count). The molecule has 0 bridgehead atoms. The zero-order valence-corrected chi connectivity index (χ0v) is 13.2. The highest BCUT2D eigenvalue weighted by Crippen LogP contribution is 2.31. The Morgan fingerprint density at radius 2 is 2.10 bits per heavy atom. The van der Waals surface area contributed by atoms with E-state index in [2.05, 4.69) is 21.3 Å². The van der Waals surface area contributed by atoms with Gasteiger partial charge in [0, 0.05) is 33.7 Å². The first-order valence-corrected chi connectivity index (χ1v) is 8.08. The summed E-state index contributed by atoms with van der Waals surface area (Å²) in [7, 11) is 3.84. The van der Waals surface area contributed by atoms with E-state index in [4.69, 9.17) is 0 Å². The van der Waals surface area contributed by atoms with Crippen LogP contribution in [0.5, 0.6) is 0 Å². The fourth-order valence-electron chi connectivity index (χ4n) is 3.47. The smallest absolute Gasteiger partial charge is 0.254 e. The number of guanidine groups is 1. The van der Waals surface area contributed by atoms with Crippen molar-refractivity contribution in [2.24, 2.45) is 4.99 Å². The number of rotatable bonds is 2. The van der Waals surface area contributed by atoms with Gasteiger partial charge >= 0.3 is 0 Å². The van der Waals surface area contributed by atoms with Crippen LogP contribution in [0.4, 0.5) is 0 Å². The average molecular weight is 290 g/mol. The molecule has 0 aromatic carbocycles. The average Bonchev–Trinajstić information content (AvgIpc) is 2.80. The van der Waals surface area contributed by atoms with E-state index in [9.17, 15) is 4.79 Å². The molecule has 116 valence electrons. The van der Waals surface area contributed by atoms with E-state index in [1.807, 2.05) is 19.0 Å². The van der Waals surface area contributed by atoms with Gasteiger partial charge in [0.2, 0.25) is 5.96 Å². The lowest BCUT2D eigenvalue weighted by Crippen LogP contribution is -2.49. The highest BCUT2D eigenvalue weighted by atomic mass is 16.2. The quantitative estimate of drug-likeness (QED) is 0.781. The van der Waals surface area contributed by atoms with Gasteiger partial charge in [-0.2, -0.15) is 0 Å². The highest BCUT2D eigenvalue weighted by Gasteiger charge is 2.46. The Balaban J connectivity index is 1.60. The minimum absolute atomic E-state index is 0.0859. The van der Waals surface area contributed by atoms with Gasteiger partial charge in [-0.25, -0.2) is 4.99 Å². The van der Waals surface area contributed by atoms with E-state index in [0.717, 1.165) is 32.5 Å². The Kier molecular flexibility index (Phi) is 4.02. The van der Waals surface area contributed by atoms with E-state index >= 15 is 0 Å². The number of likely N-dealkylation sites (tertiary alicyclic amines) is 1. The second-order valence-electron chi connectivity index (χ2n) is 6.70. The molecule has 0 saturated carbocycles. The Morgan fingerprint density at radius 3 is 2.67 bits per heavy atom. The lowest BCUT2D eigenvalue weighted by molar-refractivity contribution is -0.125. The van der Waals surface area contributed by atoms with Crippen molar-refractivity contribution in [2.75, 3.05) is 33.7 Å². The van der Waals surface area contributed by atoms with Crippen molar-refractivity contribution in [2.45, 2.75) is 44.1 Å². The van der Waals surface area contributed by atoms with Crippen LogP contribution in [0.2, 0.25) is 0 Å². The van der Waals surface area contributed by atoms with E-state index in [1.165, 1.54) is 25.7 Å². The first kappa shape index (κ1) is 14.6. The Bertz CT molecular complexity index is 473. The number of carbonyl (C=O) groups is 1. The van der Waals surface area contributed by atoms with Gasteiger partial charge in [0.15, 0.2) is 0 Å². The summed E-state index contributed by atoms with van der Waals surface area (Å²) in [5, 5.41) is 2.92. The third-order valence-corrected chi connectivity index (χ3v) is 4.89. The van der Waals surface area contributed by atoms with Crippen molar-refractivity contribution in [3.05, 3.63) is 11.6 Å². The minimum Gasteiger partial charge on any atom is -0.349 e. The minimum atomic E-state index is -0.503. The molecule has 0 aromatic heterocycles. The van der Waals surface area contributed by atoms with Crippen molar-refractivity contribution in [3.63, 3.8) is 0 Å². The molecule has 2 aliphatic heterocycles. The predicted octanol–water partition coefficient (Wildman–Crippen LogP) is 1.37. The summed E-state index contributed by atoms with van der Waals surface area (Å²) < 4.78 is 0. The molecular weight excluding hydrogens is 264 g/mol. The van der Waals surface area contributed by atoms with Crippen LogP contribution in [0.1, 0.15) is 38.5 Å². The first-order chi connectivity index (χ1) is 10.1. The molecule has 1 amide bonds. The van der Waals surface area contributed by atoms with Gasteiger partial charge in [0.1, 0.15) is 5.54 Å². The third-order valence-electron chi connectivity index (χ3n) is 4.89. The van der Waals surface area contributed by atoms with Gasteiger partial charge in [-0.1, -0.05) is 11.6 Å². The van der Waals surface area contributed by atoms with Gasteiger partial charge in [-0.3, -0.25) is 15.0 Å². The molecule has 1 N–H and O–H groups in total. The van der Waals surface area contributed by atoms with Crippen molar-refractivity contribution in [1.82, 2.24) is 15.1 Å². The summed E-state index contributed by atoms with van der Waals surface area (Å²) in [4.78, 5) is 21.3. The van der Waals surface area contributed by atoms with Crippen molar-refractivity contribution >= 4 is 11.9 Å². The number of piperidine rings is 1. The molecule has 1 aliphatic carbocycles. The molecule has 21 heavy (non-hydrogen) atoms. The van der Waals surface area contributed by atoms with Gasteiger partial charge in [-0.05, 0) is 38.5 Å². The number of nitrogens with one attached hydrogen (secondary N) is 1. The molecule has 5 nitrogen and oxygen atoms in total. The SMILES string of the molecule is CN(C)C1=NC2(CCN(CC3=CCCCC3)CC2)C(=O)N1. The summed E-state index contributed by atoms with van der Waals surface area (Å²) in [6, 6.07) is 0. The van der Waals surface area contributed by atoms with Crippen LogP contribution in [0.15, 0.2) is 16.6 Å². The monoisotopic (exact) mass is 290 g/mol. The van der Waals surface area contributed by atoms with Crippen molar-refractivity contribution < 1.29 is 4.79 Å². The van der Waals surface area contributed by atoms with Gasteiger partial charge in [0.25, 0.3) is 5.91 Å². The van der Waals surface area contributed by atoms with E-state index in [1.54, 1.807) is 5.57 Å². The normalized spacial score (nSPS) is 25.5. The second-order valence-corrected chi connectivity index (χ2v) is 6.70. The number of carbonyl (C=O) groups excluding carboxylic acids is 1. The lowest BCUT2D eigenvalue weighted by atomic mass is 9.87. The van der Waals surface area contributed by atoms with Gasteiger partial charge < -0.3 is 4.90 Å². The standard InChI is InChI=1S/C16H26N4O/c1-19(2)15-17-14(21)16(18-15)8-10-20(11-9-16)12-13-6-4-3-5-7-13/h6H,3-5,7-12H2,1-2H3,(H,17,18,21). The molecule has 0 unspecified atom stereocenters. The highest BCUT2D eigenvalue weighted by molar-refractivity contribution is 6.07. The van der Waals surface area contributed by atoms with Crippen LogP contribution in [-0.4, -0.2) is 60.9 Å². The third kappa shape index (κ3) is 2.98. The molecule has 1 saturated heterocycles. The van der Waals surface area contributed by atoms with Crippen LogP contribution in [0, 0.1) is 0 Å². The van der Waals surface area contributed by atoms with Crippen LogP contribution in [0.25, 0.3) is 0 Å². The molecule has 1 spiro atoms. The van der Waals surface area contributed by atoms with E-state index in [0.29, 0.717) is 5.96 Å². The number of allylic oxidation sites excluding steroid dienone is 1. The summed E-state index contributed by atoms with van der Waals surface area (Å²) in [6.07, 6.45) is 9.26. The molecule has 5 heteroatoms. The zero-order chi connectivity index (χ0) is 14.9. The fourth-order valence-corrected chi connectivity index (χ4v) is 3.47. The molecular formula is C16H26N4O. The molecule has 0 aromatic rings. The number of hydrogen-bond acceptors (Lipinski definition) is 4. The summed E-state index contributed by atoms with van der Waals surface area (Å²) in [5.74, 6) is 0.797. The molecule has 1 fully saturated rings. The number of aliphatic imine (C=N–C) groups is 1. The maximum Gasteiger partial charge on any atom is 0.254 e. The maximum absolute atomic E-state index is 12.3. The number of nitrogens with zero attached hydrogens (tertiary/aromatic N) is 3. The van der Waals surface area contributed by atoms with Crippen LogP contribution < -0.4 is 5.32 Å². The molecule has 2 heterocycles. The molecule has 0 atom stereocenters. The predicted molar refractivity (Wildman–Crippen MR) is 84.2 cm³/mol. The van der Waals surface area contributed by atoms with E-state index < -0.39 is 5.54 Å². The first-order valence-electron chi connectivity index (χ1n) is 8.08. The fraction of sp³-hybridized carbons (Fsp3) is 0.750. The zero-order valence-electron chi connectivity index (χ0n) is 13.2. The van der Waals surface area contributed by atoms with Crippen molar-refractivity contribution in [1.29, 1.82) is 0 Å². The van der Waals surface area contributed by atoms with Crippen LogP contribution in [0.3, 0.4) is 0 Å². The second kappa shape index (κ2) is 5.79. The van der Waals surface area contributed by atoms with Crippen molar-refractivity contribution in [3.8, 4) is 0 Å². The summed E-state index contributed by atoms with van der Waals surface area (Å²) in [5.41, 5.74) is 1.09. The van der Waals surface area contributed by atoms with E-state index in [-0.39, 0.29) is 5.91 Å². The summed E-state index contributed by atoms with van der Waals surface area (Å²) in [6.45, 7) is 3.02. The Hall–Kier alpha value is -1.36. The molecule has 3 aliphatic rings. The Morgan fingerprint density at radius 1 is 1.33 bits per heavy atom. The lowest BCUT2D eigenvalue weighted by Gasteiger charge is -2.36.